The van der Waals surface area contributed by atoms with Crippen molar-refractivity contribution in [2.45, 2.75) is 63.3 Å². The fourth-order valence-electron chi connectivity index (χ4n) is 7.13. The number of esters is 1. The summed E-state index contributed by atoms with van der Waals surface area (Å²) in [5, 5.41) is 12.5. The minimum absolute atomic E-state index is 0.162. The van der Waals surface area contributed by atoms with E-state index in [1.54, 1.807) is 17.1 Å². The van der Waals surface area contributed by atoms with Crippen molar-refractivity contribution in [2.24, 2.45) is 17.8 Å². The molecule has 41 heavy (non-hydrogen) atoms. The van der Waals surface area contributed by atoms with Crippen LogP contribution in [0.5, 0.6) is 0 Å². The van der Waals surface area contributed by atoms with E-state index in [1.165, 1.54) is 4.90 Å². The van der Waals surface area contributed by atoms with Crippen molar-refractivity contribution in [3.05, 3.63) is 67.8 Å². The molecule has 8 nitrogen and oxygen atoms in total. The molecule has 2 amide bonds. The number of aliphatic hydroxyl groups excluding tert-OH is 1. The number of carbonyl (C=O) groups is 3. The highest BCUT2D eigenvalue weighted by molar-refractivity contribution is 6.05. The second kappa shape index (κ2) is 11.8. The Labute approximate surface area is 241 Å². The van der Waals surface area contributed by atoms with Gasteiger partial charge in [-0.25, -0.2) is 0 Å². The maximum Gasteiger partial charge on any atom is 0.312 e. The number of rotatable bonds is 12. The first-order valence-corrected chi connectivity index (χ1v) is 14.6. The van der Waals surface area contributed by atoms with Gasteiger partial charge in [0.05, 0.1) is 37.2 Å². The van der Waals surface area contributed by atoms with Gasteiger partial charge in [-0.05, 0) is 54.5 Å². The van der Waals surface area contributed by atoms with Crippen LogP contribution in [0, 0.1) is 17.8 Å². The molecule has 218 valence electrons. The highest BCUT2D eigenvalue weighted by atomic mass is 16.6. The van der Waals surface area contributed by atoms with E-state index < -0.39 is 41.6 Å². The largest absolute Gasteiger partial charge is 0.465 e. The van der Waals surface area contributed by atoms with Crippen LogP contribution in [0.1, 0.15) is 39.5 Å². The van der Waals surface area contributed by atoms with Crippen LogP contribution in [0.3, 0.4) is 0 Å². The lowest BCUT2D eigenvalue weighted by Crippen LogP contribution is -2.59. The SMILES string of the molecule is C=CCCOC(=O)[C@@H]1[C@@H]2CCC3(O2)C(C(=O)N(CC=C)c2ccc4ccccc4c2)N([C@@H](CO)CC(C)C)C(=O)[C@H]13. The van der Waals surface area contributed by atoms with E-state index in [1.807, 2.05) is 56.3 Å². The summed E-state index contributed by atoms with van der Waals surface area (Å²) in [6.07, 6.45) is 4.86. The molecule has 2 aromatic rings. The van der Waals surface area contributed by atoms with Crippen LogP contribution in [0.4, 0.5) is 5.69 Å². The van der Waals surface area contributed by atoms with Crippen LogP contribution >= 0.6 is 0 Å². The van der Waals surface area contributed by atoms with Crippen LogP contribution in [0.2, 0.25) is 0 Å². The molecule has 2 bridgehead atoms. The minimum atomic E-state index is -1.18. The lowest BCUT2D eigenvalue weighted by molar-refractivity contribution is -0.155. The molecule has 3 heterocycles. The van der Waals surface area contributed by atoms with Gasteiger partial charge in [0.15, 0.2) is 0 Å². The molecule has 0 aromatic heterocycles. The first kappa shape index (κ1) is 29.0. The Bertz CT molecular complexity index is 1340. The number of anilines is 1. The summed E-state index contributed by atoms with van der Waals surface area (Å²) in [6.45, 7) is 11.7. The number of benzene rings is 2. The quantitative estimate of drug-likeness (QED) is 0.237. The number of hydrogen-bond donors (Lipinski definition) is 1. The Hall–Kier alpha value is -3.49. The fraction of sp³-hybridized carbons (Fsp3) is 0.485. The highest BCUT2D eigenvalue weighted by Gasteiger charge is 2.75. The summed E-state index contributed by atoms with van der Waals surface area (Å²) in [7, 11) is 0. The standard InChI is InChI=1S/C33H40N2O6/c1-5-7-17-40-32(39)27-26-14-15-33(41-26)28(27)30(37)35(25(20-36)18-21(3)4)29(33)31(38)34(16-6-2)24-13-12-22-10-8-9-11-23(22)19-24/h5-6,8-13,19,21,25-29,36H,1-2,7,14-18,20H2,3-4H3/t25-,26+,27-,28+,29?,33?/m1/s1. The molecule has 2 unspecified atom stereocenters. The van der Waals surface area contributed by atoms with Gasteiger partial charge < -0.3 is 24.4 Å². The summed E-state index contributed by atoms with van der Waals surface area (Å²) in [6, 6.07) is 12.1. The van der Waals surface area contributed by atoms with Crippen molar-refractivity contribution >= 4 is 34.2 Å². The average molecular weight is 561 g/mol. The van der Waals surface area contributed by atoms with Crippen molar-refractivity contribution in [1.82, 2.24) is 4.90 Å². The van der Waals surface area contributed by atoms with Crippen molar-refractivity contribution in [3.63, 3.8) is 0 Å². The molecule has 3 saturated heterocycles. The van der Waals surface area contributed by atoms with Gasteiger partial charge in [0.2, 0.25) is 5.91 Å². The van der Waals surface area contributed by atoms with Crippen molar-refractivity contribution in [2.75, 3.05) is 24.7 Å². The number of aliphatic hydroxyl groups is 1. The van der Waals surface area contributed by atoms with Crippen LogP contribution in [0.25, 0.3) is 10.8 Å². The Kier molecular flexibility index (Phi) is 8.34. The average Bonchev–Trinajstić information content (AvgIpc) is 3.61. The first-order valence-electron chi connectivity index (χ1n) is 14.6. The van der Waals surface area contributed by atoms with Crippen LogP contribution < -0.4 is 4.90 Å². The van der Waals surface area contributed by atoms with E-state index in [0.717, 1.165) is 10.8 Å². The van der Waals surface area contributed by atoms with E-state index >= 15 is 0 Å². The molecule has 3 fully saturated rings. The molecule has 3 aliphatic heterocycles. The Morgan fingerprint density at radius 1 is 1.20 bits per heavy atom. The molecule has 0 saturated carbocycles. The third-order valence-corrected chi connectivity index (χ3v) is 8.78. The zero-order valence-electron chi connectivity index (χ0n) is 23.9. The predicted octanol–water partition coefficient (Wildman–Crippen LogP) is 4.26. The van der Waals surface area contributed by atoms with Crippen LogP contribution in [0.15, 0.2) is 67.8 Å². The lowest BCUT2D eigenvalue weighted by atomic mass is 9.70. The fourth-order valence-corrected chi connectivity index (χ4v) is 7.13. The Balaban J connectivity index is 1.58. The molecular formula is C33H40N2O6. The zero-order valence-corrected chi connectivity index (χ0v) is 23.9. The van der Waals surface area contributed by atoms with Crippen molar-refractivity contribution < 1.29 is 29.0 Å². The number of carbonyl (C=O) groups excluding carboxylic acids is 3. The summed E-state index contributed by atoms with van der Waals surface area (Å²) in [5.41, 5.74) is -0.500. The summed E-state index contributed by atoms with van der Waals surface area (Å²) in [4.78, 5) is 45.6. The number of amides is 2. The molecule has 5 rings (SSSR count). The number of ether oxygens (including phenoxy) is 2. The monoisotopic (exact) mass is 560 g/mol. The van der Waals surface area contributed by atoms with Crippen LogP contribution in [-0.4, -0.2) is 71.3 Å². The second-order valence-corrected chi connectivity index (χ2v) is 11.8. The van der Waals surface area contributed by atoms with Gasteiger partial charge in [0.25, 0.3) is 5.91 Å². The van der Waals surface area contributed by atoms with Crippen LogP contribution in [-0.2, 0) is 23.9 Å². The van der Waals surface area contributed by atoms with E-state index in [2.05, 4.69) is 13.2 Å². The van der Waals surface area contributed by atoms with E-state index in [9.17, 15) is 19.5 Å². The number of hydrogen-bond acceptors (Lipinski definition) is 6. The molecule has 1 N–H and O–H groups in total. The molecule has 0 radical (unpaired) electrons. The molecule has 6 atom stereocenters. The predicted molar refractivity (Wildman–Crippen MR) is 157 cm³/mol. The van der Waals surface area contributed by atoms with Crippen molar-refractivity contribution in [1.29, 1.82) is 0 Å². The summed E-state index contributed by atoms with van der Waals surface area (Å²) < 4.78 is 12.1. The van der Waals surface area contributed by atoms with E-state index in [4.69, 9.17) is 9.47 Å². The van der Waals surface area contributed by atoms with Gasteiger partial charge in [0, 0.05) is 12.2 Å². The highest BCUT2D eigenvalue weighted by Crippen LogP contribution is 2.59. The smallest absolute Gasteiger partial charge is 0.312 e. The normalized spacial score (nSPS) is 27.2. The van der Waals surface area contributed by atoms with E-state index in [0.29, 0.717) is 31.4 Å². The van der Waals surface area contributed by atoms with E-state index in [-0.39, 0.29) is 37.5 Å². The zero-order chi connectivity index (χ0) is 29.3. The number of nitrogens with zero attached hydrogens (tertiary/aromatic N) is 2. The number of fused-ring (bicyclic) bond motifs is 2. The molecule has 2 aromatic carbocycles. The molecule has 8 heteroatoms. The Morgan fingerprint density at radius 2 is 1.95 bits per heavy atom. The third-order valence-electron chi connectivity index (χ3n) is 8.78. The molecule has 3 aliphatic rings. The van der Waals surface area contributed by atoms with Gasteiger partial charge in [0.1, 0.15) is 11.6 Å². The minimum Gasteiger partial charge on any atom is -0.465 e. The van der Waals surface area contributed by atoms with Gasteiger partial charge in [-0.15, -0.1) is 13.2 Å². The van der Waals surface area contributed by atoms with Crippen molar-refractivity contribution in [3.8, 4) is 0 Å². The lowest BCUT2D eigenvalue weighted by Gasteiger charge is -2.39. The third kappa shape index (κ3) is 4.97. The second-order valence-electron chi connectivity index (χ2n) is 11.8. The van der Waals surface area contributed by atoms with Gasteiger partial charge >= 0.3 is 5.97 Å². The Morgan fingerprint density at radius 3 is 2.63 bits per heavy atom. The van der Waals surface area contributed by atoms with Gasteiger partial charge in [-0.1, -0.05) is 56.3 Å². The van der Waals surface area contributed by atoms with Gasteiger partial charge in [-0.2, -0.15) is 0 Å². The molecular weight excluding hydrogens is 520 g/mol. The summed E-state index contributed by atoms with van der Waals surface area (Å²) in [5.74, 6) is -2.60. The maximum absolute atomic E-state index is 14.7. The van der Waals surface area contributed by atoms with Gasteiger partial charge in [-0.3, -0.25) is 14.4 Å². The first-order chi connectivity index (χ1) is 19.8. The molecule has 0 aliphatic carbocycles. The number of likely N-dealkylation sites (tertiary alicyclic amines) is 1. The topological polar surface area (TPSA) is 96.4 Å². The molecule has 1 spiro atoms. The summed E-state index contributed by atoms with van der Waals surface area (Å²) >= 11 is 0. The maximum atomic E-state index is 14.7.